The molecule has 18 heavy (non-hydrogen) atoms. The molecule has 0 unspecified atom stereocenters. The highest BCUT2D eigenvalue weighted by atomic mass is 16.3. The fraction of sp³-hybridized carbons (Fsp3) is 0.250. The van der Waals surface area contributed by atoms with Crippen LogP contribution in [0.5, 0.6) is 0 Å². The van der Waals surface area contributed by atoms with Gasteiger partial charge >= 0.3 is 0 Å². The second kappa shape index (κ2) is 6.34. The van der Waals surface area contributed by atoms with E-state index < -0.39 is 12.2 Å². The van der Waals surface area contributed by atoms with Crippen molar-refractivity contribution < 1.29 is 10.2 Å². The summed E-state index contributed by atoms with van der Waals surface area (Å²) in [6, 6.07) is 19.3. The van der Waals surface area contributed by atoms with Gasteiger partial charge in [-0.1, -0.05) is 60.7 Å². The minimum atomic E-state index is -0.607. The van der Waals surface area contributed by atoms with Crippen LogP contribution in [0.4, 0.5) is 0 Å². The zero-order chi connectivity index (χ0) is 12.8. The normalized spacial score (nSPS) is 14.1. The second-order valence-corrected chi connectivity index (χ2v) is 4.51. The summed E-state index contributed by atoms with van der Waals surface area (Å²) in [4.78, 5) is 0. The van der Waals surface area contributed by atoms with Gasteiger partial charge in [0.25, 0.3) is 0 Å². The number of hydrogen-bond donors (Lipinski definition) is 2. The molecule has 94 valence electrons. The molecule has 2 atom stereocenters. The molecule has 0 spiro atoms. The van der Waals surface area contributed by atoms with Gasteiger partial charge in [-0.25, -0.2) is 0 Å². The number of aliphatic hydroxyl groups excluding tert-OH is 2. The van der Waals surface area contributed by atoms with Crippen LogP contribution in [0, 0.1) is 0 Å². The highest BCUT2D eigenvalue weighted by Crippen LogP contribution is 2.19. The molecule has 0 aliphatic rings. The third-order valence-corrected chi connectivity index (χ3v) is 2.99. The van der Waals surface area contributed by atoms with Crippen LogP contribution >= 0.6 is 0 Å². The highest BCUT2D eigenvalue weighted by molar-refractivity contribution is 5.18. The monoisotopic (exact) mass is 242 g/mol. The molecule has 0 bridgehead atoms. The van der Waals surface area contributed by atoms with Gasteiger partial charge in [0.1, 0.15) is 0 Å². The van der Waals surface area contributed by atoms with Gasteiger partial charge in [-0.05, 0) is 17.5 Å². The molecule has 0 aliphatic carbocycles. The van der Waals surface area contributed by atoms with Crippen molar-refractivity contribution in [2.24, 2.45) is 0 Å². The van der Waals surface area contributed by atoms with Crippen molar-refractivity contribution in [2.45, 2.75) is 25.0 Å². The van der Waals surface area contributed by atoms with Crippen LogP contribution in [-0.2, 0) is 6.42 Å². The molecule has 0 amide bonds. The molecule has 0 radical (unpaired) electrons. The lowest BCUT2D eigenvalue weighted by Crippen LogP contribution is -2.15. The number of rotatable bonds is 5. The lowest BCUT2D eigenvalue weighted by atomic mass is 9.99. The van der Waals surface area contributed by atoms with Crippen molar-refractivity contribution in [2.75, 3.05) is 0 Å². The Morgan fingerprint density at radius 3 is 1.94 bits per heavy atom. The largest absolute Gasteiger partial charge is 0.393 e. The average molecular weight is 242 g/mol. The second-order valence-electron chi connectivity index (χ2n) is 4.51. The van der Waals surface area contributed by atoms with Gasteiger partial charge in [-0.15, -0.1) is 0 Å². The van der Waals surface area contributed by atoms with Crippen molar-refractivity contribution in [3.63, 3.8) is 0 Å². The summed E-state index contributed by atoms with van der Waals surface area (Å²) in [7, 11) is 0. The fourth-order valence-electron chi connectivity index (χ4n) is 2.04. The van der Waals surface area contributed by atoms with Crippen LogP contribution in [0.3, 0.4) is 0 Å². The van der Waals surface area contributed by atoms with Gasteiger partial charge < -0.3 is 10.2 Å². The summed E-state index contributed by atoms with van der Waals surface area (Å²) in [6.45, 7) is 0. The molecule has 2 rings (SSSR count). The van der Waals surface area contributed by atoms with Crippen molar-refractivity contribution in [1.29, 1.82) is 0 Å². The zero-order valence-electron chi connectivity index (χ0n) is 10.2. The van der Waals surface area contributed by atoms with Gasteiger partial charge in [0.2, 0.25) is 0 Å². The van der Waals surface area contributed by atoms with E-state index in [-0.39, 0.29) is 0 Å². The minimum Gasteiger partial charge on any atom is -0.393 e. The lowest BCUT2D eigenvalue weighted by molar-refractivity contribution is 0.0807. The summed E-state index contributed by atoms with van der Waals surface area (Å²) in [5, 5.41) is 20.0. The molecular weight excluding hydrogens is 224 g/mol. The molecule has 0 saturated carbocycles. The first-order valence-electron chi connectivity index (χ1n) is 6.20. The molecule has 2 heteroatoms. The van der Waals surface area contributed by atoms with E-state index in [9.17, 15) is 10.2 Å². The van der Waals surface area contributed by atoms with Crippen LogP contribution in [0.1, 0.15) is 23.7 Å². The summed E-state index contributed by atoms with van der Waals surface area (Å²) >= 11 is 0. The Bertz CT molecular complexity index is 453. The molecule has 2 nitrogen and oxygen atoms in total. The van der Waals surface area contributed by atoms with E-state index in [1.807, 2.05) is 60.7 Å². The van der Waals surface area contributed by atoms with Gasteiger partial charge in [0.05, 0.1) is 12.2 Å². The molecule has 0 heterocycles. The van der Waals surface area contributed by atoms with Crippen LogP contribution in [0.25, 0.3) is 0 Å². The summed E-state index contributed by atoms with van der Waals surface area (Å²) < 4.78 is 0. The first-order chi connectivity index (χ1) is 8.75. The quantitative estimate of drug-likeness (QED) is 0.846. The number of aliphatic hydroxyl groups is 2. The molecule has 2 aromatic carbocycles. The molecule has 0 aromatic heterocycles. The predicted octanol–water partition coefficient (Wildman–Crippen LogP) is 2.71. The Labute approximate surface area is 108 Å². The lowest BCUT2D eigenvalue weighted by Gasteiger charge is -2.16. The smallest absolute Gasteiger partial charge is 0.0814 e. The number of hydrogen-bond acceptors (Lipinski definition) is 2. The Hall–Kier alpha value is -1.64. The topological polar surface area (TPSA) is 40.5 Å². The van der Waals surface area contributed by atoms with Crippen LogP contribution in [0.2, 0.25) is 0 Å². The standard InChI is InChI=1S/C16H18O2/c17-15(11-13-7-3-1-4-8-13)12-16(18)14-9-5-2-6-10-14/h1-10,15-18H,11-12H2/t15-,16+/m1/s1. The van der Waals surface area contributed by atoms with E-state index in [0.29, 0.717) is 12.8 Å². The van der Waals surface area contributed by atoms with Gasteiger partial charge in [0, 0.05) is 6.42 Å². The maximum atomic E-state index is 10.0. The van der Waals surface area contributed by atoms with Gasteiger partial charge in [-0.3, -0.25) is 0 Å². The summed E-state index contributed by atoms with van der Waals surface area (Å²) in [6.07, 6.45) is -0.198. The van der Waals surface area contributed by atoms with Gasteiger partial charge in [-0.2, -0.15) is 0 Å². The first kappa shape index (κ1) is 12.8. The third kappa shape index (κ3) is 3.69. The predicted molar refractivity (Wildman–Crippen MR) is 72.2 cm³/mol. The van der Waals surface area contributed by atoms with Crippen molar-refractivity contribution in [3.8, 4) is 0 Å². The van der Waals surface area contributed by atoms with E-state index in [1.165, 1.54) is 0 Å². The van der Waals surface area contributed by atoms with Gasteiger partial charge in [0.15, 0.2) is 0 Å². The van der Waals surface area contributed by atoms with Crippen molar-refractivity contribution >= 4 is 0 Å². The molecule has 0 fully saturated rings. The summed E-state index contributed by atoms with van der Waals surface area (Å²) in [5.41, 5.74) is 1.94. The van der Waals surface area contributed by atoms with E-state index >= 15 is 0 Å². The minimum absolute atomic E-state index is 0.360. The van der Waals surface area contributed by atoms with Crippen LogP contribution in [0.15, 0.2) is 60.7 Å². The molecular formula is C16H18O2. The van der Waals surface area contributed by atoms with E-state index in [2.05, 4.69) is 0 Å². The molecule has 0 saturated heterocycles. The van der Waals surface area contributed by atoms with E-state index in [4.69, 9.17) is 0 Å². The Morgan fingerprint density at radius 2 is 1.33 bits per heavy atom. The Kier molecular flexibility index (Phi) is 4.51. The van der Waals surface area contributed by atoms with Crippen molar-refractivity contribution in [3.05, 3.63) is 71.8 Å². The first-order valence-corrected chi connectivity index (χ1v) is 6.20. The molecule has 2 N–H and O–H groups in total. The maximum absolute atomic E-state index is 10.0. The number of benzene rings is 2. The Morgan fingerprint density at radius 1 is 0.778 bits per heavy atom. The van der Waals surface area contributed by atoms with Crippen LogP contribution in [-0.4, -0.2) is 16.3 Å². The average Bonchev–Trinajstić information content (AvgIpc) is 2.40. The Balaban J connectivity index is 1.90. The zero-order valence-corrected chi connectivity index (χ0v) is 10.2. The fourth-order valence-corrected chi connectivity index (χ4v) is 2.04. The molecule has 2 aromatic rings. The van der Waals surface area contributed by atoms with Crippen molar-refractivity contribution in [1.82, 2.24) is 0 Å². The SMILES string of the molecule is O[C@H](Cc1ccccc1)C[C@H](O)c1ccccc1. The summed E-state index contributed by atoms with van der Waals surface area (Å²) in [5.74, 6) is 0. The third-order valence-electron chi connectivity index (χ3n) is 2.99. The molecule has 0 aliphatic heterocycles. The van der Waals surface area contributed by atoms with E-state index in [0.717, 1.165) is 11.1 Å². The van der Waals surface area contributed by atoms with Crippen LogP contribution < -0.4 is 0 Å². The van der Waals surface area contributed by atoms with E-state index in [1.54, 1.807) is 0 Å². The maximum Gasteiger partial charge on any atom is 0.0814 e. The highest BCUT2D eigenvalue weighted by Gasteiger charge is 2.13.